The highest BCUT2D eigenvalue weighted by molar-refractivity contribution is 7.91. The quantitative estimate of drug-likeness (QED) is 0.424. The van der Waals surface area contributed by atoms with E-state index in [1.807, 2.05) is 4.90 Å². The number of likely N-dealkylation sites (tertiary alicyclic amines) is 1. The van der Waals surface area contributed by atoms with Gasteiger partial charge >= 0.3 is 12.3 Å². The molecule has 1 N–H and O–H groups in total. The fourth-order valence-corrected chi connectivity index (χ4v) is 6.73. The van der Waals surface area contributed by atoms with Crippen LogP contribution in [0, 0.1) is 0 Å². The molecule has 2 aliphatic heterocycles. The van der Waals surface area contributed by atoms with Crippen LogP contribution in [0.15, 0.2) is 46.3 Å². The molecule has 0 saturated carbocycles. The summed E-state index contributed by atoms with van der Waals surface area (Å²) in [6.45, 7) is 4.64. The van der Waals surface area contributed by atoms with E-state index in [1.54, 1.807) is 0 Å². The third-order valence-electron chi connectivity index (χ3n) is 7.86. The number of halogens is 4. The van der Waals surface area contributed by atoms with Crippen LogP contribution >= 0.6 is 11.6 Å². The fourth-order valence-electron chi connectivity index (χ4n) is 5.43. The standard InChI is InChI=1S/C27H29ClF3N5O5S/c1-2-42(40,41)23-4-3-20(28)10-17(23)13-36-16-32-24-18(9-19(27(29,30)31)11-22(24)25(36)37)12-33-5-7-34(8-6-33)21-14-35(15-21)26(38)39/h3-4,9-11,16,21H,2,5-8,12-15H2,1H3,(H,38,39). The van der Waals surface area contributed by atoms with E-state index >= 15 is 0 Å². The molecular weight excluding hydrogens is 599 g/mol. The van der Waals surface area contributed by atoms with Gasteiger partial charge in [0.1, 0.15) is 0 Å². The Kier molecular flexibility index (Phi) is 8.27. The third kappa shape index (κ3) is 6.12. The number of alkyl halides is 3. The first-order valence-electron chi connectivity index (χ1n) is 13.3. The number of benzene rings is 2. The number of carbonyl (C=O) groups is 1. The van der Waals surface area contributed by atoms with Crippen LogP contribution in [0.1, 0.15) is 23.6 Å². The second-order valence-electron chi connectivity index (χ2n) is 10.5. The molecule has 0 atom stereocenters. The smallest absolute Gasteiger partial charge is 0.416 e. The van der Waals surface area contributed by atoms with Gasteiger partial charge in [0, 0.05) is 56.9 Å². The number of nitrogens with zero attached hydrogens (tertiary/aromatic N) is 5. The maximum atomic E-state index is 13.9. The van der Waals surface area contributed by atoms with Crippen molar-refractivity contribution in [3.8, 4) is 0 Å². The number of hydrogen-bond donors (Lipinski definition) is 1. The molecule has 0 unspecified atom stereocenters. The summed E-state index contributed by atoms with van der Waals surface area (Å²) in [7, 11) is -3.66. The van der Waals surface area contributed by atoms with Gasteiger partial charge in [-0.3, -0.25) is 19.2 Å². The average molecular weight is 628 g/mol. The minimum absolute atomic E-state index is 0.0113. The van der Waals surface area contributed by atoms with Crippen molar-refractivity contribution in [3.05, 3.63) is 68.7 Å². The number of rotatable bonds is 7. The van der Waals surface area contributed by atoms with Gasteiger partial charge in [-0.25, -0.2) is 18.2 Å². The van der Waals surface area contributed by atoms with E-state index in [4.69, 9.17) is 16.7 Å². The highest BCUT2D eigenvalue weighted by atomic mass is 35.5. The highest BCUT2D eigenvalue weighted by Crippen LogP contribution is 2.33. The Morgan fingerprint density at radius 1 is 1.07 bits per heavy atom. The molecule has 2 aliphatic rings. The van der Waals surface area contributed by atoms with Gasteiger partial charge in [-0.2, -0.15) is 13.2 Å². The van der Waals surface area contributed by atoms with Crippen molar-refractivity contribution in [2.24, 2.45) is 0 Å². The third-order valence-corrected chi connectivity index (χ3v) is 9.93. The fraction of sp³-hybridized carbons (Fsp3) is 0.444. The van der Waals surface area contributed by atoms with Gasteiger partial charge in [0.2, 0.25) is 0 Å². The van der Waals surface area contributed by atoms with Crippen LogP contribution in [0.4, 0.5) is 18.0 Å². The van der Waals surface area contributed by atoms with Crippen molar-refractivity contribution < 1.29 is 31.5 Å². The molecular formula is C27H29ClF3N5O5S. The van der Waals surface area contributed by atoms with Crippen LogP contribution in [0.5, 0.6) is 0 Å². The molecule has 2 aromatic carbocycles. The van der Waals surface area contributed by atoms with E-state index in [0.29, 0.717) is 39.3 Å². The second-order valence-corrected chi connectivity index (χ2v) is 13.2. The maximum Gasteiger partial charge on any atom is 0.416 e. The SMILES string of the molecule is CCS(=O)(=O)c1ccc(Cl)cc1Cn1cnc2c(CN3CCN(C4CN(C(=O)O)C4)CC3)cc(C(F)(F)F)cc2c1=O. The molecule has 0 aliphatic carbocycles. The van der Waals surface area contributed by atoms with Gasteiger partial charge in [0.15, 0.2) is 9.84 Å². The minimum Gasteiger partial charge on any atom is -0.465 e. The first-order chi connectivity index (χ1) is 19.8. The molecule has 0 bridgehead atoms. The van der Waals surface area contributed by atoms with Crippen LogP contribution in [-0.4, -0.2) is 94.9 Å². The zero-order valence-corrected chi connectivity index (χ0v) is 24.2. The molecule has 3 aromatic rings. The predicted molar refractivity (Wildman–Crippen MR) is 150 cm³/mol. The summed E-state index contributed by atoms with van der Waals surface area (Å²) >= 11 is 6.10. The summed E-state index contributed by atoms with van der Waals surface area (Å²) in [4.78, 5) is 34.4. The lowest BCUT2D eigenvalue weighted by molar-refractivity contribution is -0.137. The Balaban J connectivity index is 1.43. The molecule has 15 heteroatoms. The van der Waals surface area contributed by atoms with Crippen LogP contribution < -0.4 is 5.56 Å². The summed E-state index contributed by atoms with van der Waals surface area (Å²) in [6.07, 6.45) is -4.44. The molecule has 5 rings (SSSR count). The first-order valence-corrected chi connectivity index (χ1v) is 15.3. The highest BCUT2D eigenvalue weighted by Gasteiger charge is 2.36. The molecule has 0 spiro atoms. The lowest BCUT2D eigenvalue weighted by Gasteiger charge is -2.47. The van der Waals surface area contributed by atoms with Crippen molar-refractivity contribution in [2.75, 3.05) is 45.0 Å². The summed E-state index contributed by atoms with van der Waals surface area (Å²) in [5, 5.41) is 9.09. The summed E-state index contributed by atoms with van der Waals surface area (Å²) < 4.78 is 68.1. The van der Waals surface area contributed by atoms with Gasteiger partial charge in [-0.1, -0.05) is 18.5 Å². The van der Waals surface area contributed by atoms with E-state index in [9.17, 15) is 31.2 Å². The number of hydrogen-bond acceptors (Lipinski definition) is 7. The summed E-state index contributed by atoms with van der Waals surface area (Å²) in [5.74, 6) is -0.180. The lowest BCUT2D eigenvalue weighted by Crippen LogP contribution is -2.63. The lowest BCUT2D eigenvalue weighted by atomic mass is 10.0. The van der Waals surface area contributed by atoms with Crippen LogP contribution in [0.25, 0.3) is 10.9 Å². The minimum atomic E-state index is -4.70. The number of amides is 1. The number of fused-ring (bicyclic) bond motifs is 1. The van der Waals surface area contributed by atoms with Crippen molar-refractivity contribution in [1.82, 2.24) is 24.3 Å². The predicted octanol–water partition coefficient (Wildman–Crippen LogP) is 3.39. The molecule has 1 amide bonds. The summed E-state index contributed by atoms with van der Waals surface area (Å²) in [5.41, 5.74) is -1.06. The topological polar surface area (TPSA) is 116 Å². The number of aromatic nitrogens is 2. The molecule has 1 aromatic heterocycles. The van der Waals surface area contributed by atoms with E-state index in [1.165, 1.54) is 36.4 Å². The van der Waals surface area contributed by atoms with Gasteiger partial charge in [0.05, 0.1) is 40.0 Å². The Hall–Kier alpha value is -3.20. The first kappa shape index (κ1) is 30.3. The molecule has 10 nitrogen and oxygen atoms in total. The molecule has 42 heavy (non-hydrogen) atoms. The number of sulfone groups is 1. The zero-order valence-electron chi connectivity index (χ0n) is 22.6. The van der Waals surface area contributed by atoms with Gasteiger partial charge < -0.3 is 10.0 Å². The van der Waals surface area contributed by atoms with Crippen LogP contribution in [0.3, 0.4) is 0 Å². The van der Waals surface area contributed by atoms with Crippen molar-refractivity contribution in [1.29, 1.82) is 0 Å². The zero-order chi connectivity index (χ0) is 30.4. The van der Waals surface area contributed by atoms with Gasteiger partial charge in [-0.15, -0.1) is 0 Å². The summed E-state index contributed by atoms with van der Waals surface area (Å²) in [6, 6.07) is 6.13. The van der Waals surface area contributed by atoms with E-state index in [-0.39, 0.29) is 56.8 Å². The Bertz CT molecular complexity index is 1680. The molecule has 2 saturated heterocycles. The van der Waals surface area contributed by atoms with E-state index < -0.39 is 33.2 Å². The molecule has 3 heterocycles. The Morgan fingerprint density at radius 3 is 2.38 bits per heavy atom. The van der Waals surface area contributed by atoms with Gasteiger partial charge in [-0.05, 0) is 41.5 Å². The van der Waals surface area contributed by atoms with E-state index in [0.717, 1.165) is 16.7 Å². The largest absolute Gasteiger partial charge is 0.465 e. The molecule has 2 fully saturated rings. The van der Waals surface area contributed by atoms with Crippen molar-refractivity contribution >= 4 is 38.4 Å². The Morgan fingerprint density at radius 2 is 1.76 bits per heavy atom. The molecule has 0 radical (unpaired) electrons. The Labute approximate surface area is 244 Å². The van der Waals surface area contributed by atoms with Crippen LogP contribution in [-0.2, 0) is 29.1 Å². The van der Waals surface area contributed by atoms with Crippen molar-refractivity contribution in [3.63, 3.8) is 0 Å². The number of carboxylic acid groups (broad SMARTS) is 1. The monoisotopic (exact) mass is 627 g/mol. The van der Waals surface area contributed by atoms with Crippen LogP contribution in [0.2, 0.25) is 5.02 Å². The normalized spacial score (nSPS) is 17.5. The van der Waals surface area contributed by atoms with Crippen molar-refractivity contribution in [2.45, 2.75) is 37.1 Å². The maximum absolute atomic E-state index is 13.9. The van der Waals surface area contributed by atoms with Gasteiger partial charge in [0.25, 0.3) is 5.56 Å². The average Bonchev–Trinajstić information content (AvgIpc) is 2.89. The number of piperazine rings is 1. The second kappa shape index (κ2) is 11.5. The van der Waals surface area contributed by atoms with E-state index in [2.05, 4.69) is 9.88 Å². The molecule has 226 valence electrons.